The molecule has 27 heavy (non-hydrogen) atoms. The molecule has 0 saturated heterocycles. The van der Waals surface area contributed by atoms with Crippen LogP contribution in [0, 0.1) is 23.7 Å². The number of allylic oxidation sites excluding steroid dienone is 1. The molecule has 0 spiro atoms. The molecule has 2 saturated carbocycles. The normalized spacial score (nSPS) is 28.8. The SMILES string of the molecule is C=C(c1ccccc1)C1CCC(CCCCC2CCC(CCC)CC2)CC1. The smallest absolute Gasteiger partial charge is 0.0162 e. The number of hydrogen-bond donors (Lipinski definition) is 0. The van der Waals surface area contributed by atoms with Gasteiger partial charge in [0.2, 0.25) is 0 Å². The van der Waals surface area contributed by atoms with Crippen molar-refractivity contribution in [3.05, 3.63) is 42.5 Å². The van der Waals surface area contributed by atoms with Crippen molar-refractivity contribution in [1.82, 2.24) is 0 Å². The van der Waals surface area contributed by atoms with Gasteiger partial charge in [0.25, 0.3) is 0 Å². The Morgan fingerprint density at radius 3 is 1.74 bits per heavy atom. The van der Waals surface area contributed by atoms with E-state index in [1.54, 1.807) is 0 Å². The first-order valence-electron chi connectivity index (χ1n) is 12.0. The minimum Gasteiger partial charge on any atom is -0.0950 e. The Hall–Kier alpha value is -1.04. The van der Waals surface area contributed by atoms with E-state index in [1.807, 2.05) is 0 Å². The summed E-state index contributed by atoms with van der Waals surface area (Å²) in [7, 11) is 0. The molecule has 0 amide bonds. The zero-order chi connectivity index (χ0) is 18.9. The lowest BCUT2D eigenvalue weighted by Crippen LogP contribution is -2.16. The molecule has 0 atom stereocenters. The number of benzene rings is 1. The van der Waals surface area contributed by atoms with Gasteiger partial charge in [0.05, 0.1) is 0 Å². The van der Waals surface area contributed by atoms with Gasteiger partial charge in [-0.1, -0.05) is 108 Å². The van der Waals surface area contributed by atoms with Gasteiger partial charge in [-0.3, -0.25) is 0 Å². The molecule has 0 unspecified atom stereocenters. The second kappa shape index (κ2) is 11.1. The van der Waals surface area contributed by atoms with E-state index in [0.717, 1.165) is 23.7 Å². The molecule has 0 heteroatoms. The van der Waals surface area contributed by atoms with Gasteiger partial charge >= 0.3 is 0 Å². The van der Waals surface area contributed by atoms with Crippen LogP contribution in [0.2, 0.25) is 0 Å². The van der Waals surface area contributed by atoms with Crippen LogP contribution in [-0.2, 0) is 0 Å². The third-order valence-electron chi connectivity index (χ3n) is 7.62. The summed E-state index contributed by atoms with van der Waals surface area (Å²) < 4.78 is 0. The Balaban J connectivity index is 1.26. The van der Waals surface area contributed by atoms with Crippen molar-refractivity contribution in [3.63, 3.8) is 0 Å². The third kappa shape index (κ3) is 6.51. The standard InChI is InChI=1S/C27H42/c1-3-9-23-14-16-24(17-15-23)10-7-8-11-25-18-20-27(21-19-25)22(2)26-12-5-4-6-13-26/h4-6,12-13,23-25,27H,2-3,7-11,14-21H2,1H3. The number of rotatable bonds is 9. The molecule has 150 valence electrons. The zero-order valence-electron chi connectivity index (χ0n) is 17.8. The molecule has 2 aliphatic carbocycles. The monoisotopic (exact) mass is 366 g/mol. The predicted octanol–water partition coefficient (Wildman–Crippen LogP) is 8.67. The van der Waals surface area contributed by atoms with E-state index in [-0.39, 0.29) is 0 Å². The van der Waals surface area contributed by atoms with E-state index in [2.05, 4.69) is 43.8 Å². The summed E-state index contributed by atoms with van der Waals surface area (Å²) in [6.07, 6.45) is 20.5. The van der Waals surface area contributed by atoms with Gasteiger partial charge in [-0.15, -0.1) is 0 Å². The lowest BCUT2D eigenvalue weighted by molar-refractivity contribution is 0.242. The van der Waals surface area contributed by atoms with Crippen LogP contribution in [0.15, 0.2) is 36.9 Å². The van der Waals surface area contributed by atoms with Crippen LogP contribution in [0.1, 0.15) is 102 Å². The Labute approximate surface area is 168 Å². The highest BCUT2D eigenvalue weighted by Gasteiger charge is 2.24. The molecular formula is C27H42. The van der Waals surface area contributed by atoms with Gasteiger partial charge in [-0.2, -0.15) is 0 Å². The summed E-state index contributed by atoms with van der Waals surface area (Å²) in [5, 5.41) is 0. The maximum absolute atomic E-state index is 4.42. The molecule has 3 rings (SSSR count). The highest BCUT2D eigenvalue weighted by molar-refractivity contribution is 5.65. The second-order valence-corrected chi connectivity index (χ2v) is 9.57. The molecule has 0 bridgehead atoms. The topological polar surface area (TPSA) is 0 Å². The molecular weight excluding hydrogens is 324 g/mol. The molecule has 1 aromatic rings. The summed E-state index contributed by atoms with van der Waals surface area (Å²) in [5.74, 6) is 3.84. The van der Waals surface area contributed by atoms with Crippen LogP contribution in [0.4, 0.5) is 0 Å². The van der Waals surface area contributed by atoms with Crippen molar-refractivity contribution in [3.8, 4) is 0 Å². The highest BCUT2D eigenvalue weighted by Crippen LogP contribution is 2.39. The highest BCUT2D eigenvalue weighted by atomic mass is 14.3. The van der Waals surface area contributed by atoms with E-state index >= 15 is 0 Å². The fraction of sp³-hybridized carbons (Fsp3) is 0.704. The van der Waals surface area contributed by atoms with Gasteiger partial charge < -0.3 is 0 Å². The van der Waals surface area contributed by atoms with Crippen LogP contribution in [0.25, 0.3) is 5.57 Å². The van der Waals surface area contributed by atoms with Gasteiger partial charge in [-0.25, -0.2) is 0 Å². The maximum atomic E-state index is 4.42. The lowest BCUT2D eigenvalue weighted by Gasteiger charge is -2.30. The summed E-state index contributed by atoms with van der Waals surface area (Å²) in [6, 6.07) is 10.8. The minimum absolute atomic E-state index is 0.724. The van der Waals surface area contributed by atoms with Crippen molar-refractivity contribution >= 4 is 5.57 Å². The van der Waals surface area contributed by atoms with E-state index in [0.29, 0.717) is 0 Å². The van der Waals surface area contributed by atoms with Gasteiger partial charge in [0, 0.05) is 0 Å². The van der Waals surface area contributed by atoms with Crippen molar-refractivity contribution in [2.45, 2.75) is 96.8 Å². The minimum atomic E-state index is 0.724. The fourth-order valence-electron chi connectivity index (χ4n) is 5.77. The van der Waals surface area contributed by atoms with E-state index in [9.17, 15) is 0 Å². The van der Waals surface area contributed by atoms with Crippen molar-refractivity contribution in [2.24, 2.45) is 23.7 Å². The lowest BCUT2D eigenvalue weighted by atomic mass is 9.75. The van der Waals surface area contributed by atoms with Crippen LogP contribution in [-0.4, -0.2) is 0 Å². The molecule has 2 aliphatic rings. The number of hydrogen-bond acceptors (Lipinski definition) is 0. The van der Waals surface area contributed by atoms with Gasteiger partial charge in [0.1, 0.15) is 0 Å². The van der Waals surface area contributed by atoms with Gasteiger partial charge in [0.15, 0.2) is 0 Å². The van der Waals surface area contributed by atoms with Crippen LogP contribution in [0.5, 0.6) is 0 Å². The Morgan fingerprint density at radius 1 is 0.741 bits per heavy atom. The molecule has 0 aliphatic heterocycles. The summed E-state index contributed by atoms with van der Waals surface area (Å²) in [5.41, 5.74) is 2.74. The van der Waals surface area contributed by atoms with Crippen LogP contribution in [0.3, 0.4) is 0 Å². The molecule has 0 nitrogen and oxygen atoms in total. The van der Waals surface area contributed by atoms with Crippen LogP contribution >= 0.6 is 0 Å². The van der Waals surface area contributed by atoms with Crippen LogP contribution < -0.4 is 0 Å². The quantitative estimate of drug-likeness (QED) is 0.383. The van der Waals surface area contributed by atoms with Crippen molar-refractivity contribution in [1.29, 1.82) is 0 Å². The summed E-state index contributed by atoms with van der Waals surface area (Å²) in [4.78, 5) is 0. The first kappa shape index (κ1) is 20.7. The van der Waals surface area contributed by atoms with Crippen molar-refractivity contribution in [2.75, 3.05) is 0 Å². The first-order chi connectivity index (χ1) is 13.3. The summed E-state index contributed by atoms with van der Waals surface area (Å²) in [6.45, 7) is 6.76. The molecule has 0 N–H and O–H groups in total. The summed E-state index contributed by atoms with van der Waals surface area (Å²) >= 11 is 0. The Morgan fingerprint density at radius 2 is 1.22 bits per heavy atom. The zero-order valence-corrected chi connectivity index (χ0v) is 17.8. The fourth-order valence-corrected chi connectivity index (χ4v) is 5.77. The molecule has 0 radical (unpaired) electrons. The Bertz CT molecular complexity index is 526. The molecule has 0 aromatic heterocycles. The van der Waals surface area contributed by atoms with Gasteiger partial charge in [-0.05, 0) is 60.5 Å². The third-order valence-corrected chi connectivity index (χ3v) is 7.62. The largest absolute Gasteiger partial charge is 0.0950 e. The average Bonchev–Trinajstić information content (AvgIpc) is 2.73. The number of unbranched alkanes of at least 4 members (excludes halogenated alkanes) is 1. The Kier molecular flexibility index (Phi) is 8.49. The predicted molar refractivity (Wildman–Crippen MR) is 120 cm³/mol. The van der Waals surface area contributed by atoms with E-state index < -0.39 is 0 Å². The molecule has 2 fully saturated rings. The average molecular weight is 367 g/mol. The second-order valence-electron chi connectivity index (χ2n) is 9.57. The van der Waals surface area contributed by atoms with E-state index in [1.165, 1.54) is 101 Å². The van der Waals surface area contributed by atoms with E-state index in [4.69, 9.17) is 0 Å². The molecule has 1 aromatic carbocycles. The maximum Gasteiger partial charge on any atom is -0.0162 e. The first-order valence-corrected chi connectivity index (χ1v) is 12.0. The molecule has 0 heterocycles. The van der Waals surface area contributed by atoms with Crippen molar-refractivity contribution < 1.29 is 0 Å².